The van der Waals surface area contributed by atoms with E-state index in [2.05, 4.69) is 15.0 Å². The standard InChI is InChI=1S/C23H28N4O4S/c1-4-30-20-8-6-19(7-9-20)23-24-22(31-25-23)16-26-11-13-27(14-12-26)32(28,29)21-10-5-17(2)18(3)15-21/h5-10,15H,4,11-14,16H2,1-3H3. The molecule has 0 N–H and O–H groups in total. The van der Waals surface area contributed by atoms with Crippen LogP contribution in [-0.2, 0) is 16.6 Å². The lowest BCUT2D eigenvalue weighted by molar-refractivity contribution is 0.163. The van der Waals surface area contributed by atoms with Gasteiger partial charge in [0.25, 0.3) is 0 Å². The monoisotopic (exact) mass is 456 g/mol. The fourth-order valence-electron chi connectivity index (χ4n) is 3.65. The normalized spacial score (nSPS) is 15.7. The minimum Gasteiger partial charge on any atom is -0.494 e. The summed E-state index contributed by atoms with van der Waals surface area (Å²) in [4.78, 5) is 6.97. The predicted molar refractivity (Wildman–Crippen MR) is 121 cm³/mol. The Hall–Kier alpha value is -2.75. The molecule has 32 heavy (non-hydrogen) atoms. The van der Waals surface area contributed by atoms with Crippen molar-refractivity contribution in [2.24, 2.45) is 0 Å². The zero-order chi connectivity index (χ0) is 22.7. The fraction of sp³-hybridized carbons (Fsp3) is 0.391. The summed E-state index contributed by atoms with van der Waals surface area (Å²) in [6.07, 6.45) is 0. The van der Waals surface area contributed by atoms with E-state index in [0.29, 0.717) is 55.9 Å². The highest BCUT2D eigenvalue weighted by atomic mass is 32.2. The Labute approximate surface area is 188 Å². The third-order valence-electron chi connectivity index (χ3n) is 5.70. The van der Waals surface area contributed by atoms with E-state index in [4.69, 9.17) is 9.26 Å². The number of ether oxygens (including phenoxy) is 1. The van der Waals surface area contributed by atoms with Crippen LogP contribution in [0.4, 0.5) is 0 Å². The number of nitrogens with zero attached hydrogens (tertiary/aromatic N) is 4. The Bertz CT molecular complexity index is 1170. The third kappa shape index (κ3) is 4.85. The topological polar surface area (TPSA) is 88.8 Å². The van der Waals surface area contributed by atoms with E-state index in [1.807, 2.05) is 51.1 Å². The molecule has 2 aromatic carbocycles. The van der Waals surface area contributed by atoms with Crippen molar-refractivity contribution in [1.82, 2.24) is 19.3 Å². The molecule has 170 valence electrons. The molecular formula is C23H28N4O4S. The Balaban J connectivity index is 1.35. The minimum atomic E-state index is -3.49. The van der Waals surface area contributed by atoms with Crippen molar-refractivity contribution in [2.75, 3.05) is 32.8 Å². The number of aryl methyl sites for hydroxylation is 2. The van der Waals surface area contributed by atoms with E-state index in [1.54, 1.807) is 16.4 Å². The second-order valence-electron chi connectivity index (χ2n) is 7.90. The van der Waals surface area contributed by atoms with Crippen molar-refractivity contribution in [1.29, 1.82) is 0 Å². The van der Waals surface area contributed by atoms with Gasteiger partial charge in [-0.05, 0) is 68.3 Å². The second kappa shape index (κ2) is 9.40. The van der Waals surface area contributed by atoms with E-state index >= 15 is 0 Å². The molecule has 1 fully saturated rings. The quantitative estimate of drug-likeness (QED) is 0.539. The molecule has 1 aliphatic rings. The Morgan fingerprint density at radius 1 is 1.00 bits per heavy atom. The van der Waals surface area contributed by atoms with Crippen LogP contribution in [0.2, 0.25) is 0 Å². The highest BCUT2D eigenvalue weighted by Gasteiger charge is 2.29. The van der Waals surface area contributed by atoms with Crippen LogP contribution in [0.5, 0.6) is 5.75 Å². The average Bonchev–Trinajstić information content (AvgIpc) is 3.25. The van der Waals surface area contributed by atoms with E-state index in [9.17, 15) is 8.42 Å². The number of rotatable bonds is 7. The maximum Gasteiger partial charge on any atom is 0.243 e. The predicted octanol–water partition coefficient (Wildman–Crippen LogP) is 3.26. The number of piperazine rings is 1. The largest absolute Gasteiger partial charge is 0.494 e. The van der Waals surface area contributed by atoms with Gasteiger partial charge >= 0.3 is 0 Å². The van der Waals surface area contributed by atoms with Gasteiger partial charge < -0.3 is 9.26 Å². The lowest BCUT2D eigenvalue weighted by Crippen LogP contribution is -2.48. The molecule has 9 heteroatoms. The summed E-state index contributed by atoms with van der Waals surface area (Å²) in [7, 11) is -3.49. The summed E-state index contributed by atoms with van der Waals surface area (Å²) in [5.74, 6) is 1.84. The van der Waals surface area contributed by atoms with Gasteiger partial charge in [0.05, 0.1) is 18.0 Å². The molecule has 0 unspecified atom stereocenters. The summed E-state index contributed by atoms with van der Waals surface area (Å²) in [5, 5.41) is 4.08. The molecule has 0 spiro atoms. The zero-order valence-corrected chi connectivity index (χ0v) is 19.4. The average molecular weight is 457 g/mol. The zero-order valence-electron chi connectivity index (χ0n) is 18.6. The molecule has 0 radical (unpaired) electrons. The van der Waals surface area contributed by atoms with Crippen LogP contribution in [-0.4, -0.2) is 60.5 Å². The molecule has 0 atom stereocenters. The van der Waals surface area contributed by atoms with Crippen molar-refractivity contribution in [3.63, 3.8) is 0 Å². The Morgan fingerprint density at radius 3 is 2.38 bits per heavy atom. The van der Waals surface area contributed by atoms with Crippen molar-refractivity contribution in [3.8, 4) is 17.1 Å². The molecular weight excluding hydrogens is 428 g/mol. The van der Waals surface area contributed by atoms with Gasteiger partial charge in [-0.25, -0.2) is 8.42 Å². The van der Waals surface area contributed by atoms with Crippen molar-refractivity contribution in [3.05, 3.63) is 59.5 Å². The first-order valence-electron chi connectivity index (χ1n) is 10.7. The molecule has 8 nitrogen and oxygen atoms in total. The van der Waals surface area contributed by atoms with Crippen molar-refractivity contribution in [2.45, 2.75) is 32.2 Å². The Morgan fingerprint density at radius 2 is 1.72 bits per heavy atom. The molecule has 0 aliphatic carbocycles. The van der Waals surface area contributed by atoms with Gasteiger partial charge in [0.1, 0.15) is 5.75 Å². The highest BCUT2D eigenvalue weighted by molar-refractivity contribution is 7.89. The van der Waals surface area contributed by atoms with Crippen molar-refractivity contribution >= 4 is 10.0 Å². The summed E-state index contributed by atoms with van der Waals surface area (Å²) < 4.78 is 38.4. The minimum absolute atomic E-state index is 0.353. The second-order valence-corrected chi connectivity index (χ2v) is 9.83. The van der Waals surface area contributed by atoms with Crippen LogP contribution in [0.3, 0.4) is 0 Å². The van der Waals surface area contributed by atoms with Gasteiger partial charge in [-0.1, -0.05) is 11.2 Å². The fourth-order valence-corrected chi connectivity index (χ4v) is 5.15. The molecule has 1 aliphatic heterocycles. The summed E-state index contributed by atoms with van der Waals surface area (Å²) in [6, 6.07) is 12.8. The SMILES string of the molecule is CCOc1ccc(-c2noc(CN3CCN(S(=O)(=O)c4ccc(C)c(C)c4)CC3)n2)cc1. The number of hydrogen-bond acceptors (Lipinski definition) is 7. The summed E-state index contributed by atoms with van der Waals surface area (Å²) in [5.41, 5.74) is 2.91. The van der Waals surface area contributed by atoms with Gasteiger partial charge in [0.15, 0.2) is 0 Å². The lowest BCUT2D eigenvalue weighted by Gasteiger charge is -2.33. The molecule has 0 saturated carbocycles. The molecule has 0 amide bonds. The van der Waals surface area contributed by atoms with Gasteiger partial charge in [0, 0.05) is 31.7 Å². The van der Waals surface area contributed by atoms with Crippen LogP contribution in [0.1, 0.15) is 23.9 Å². The van der Waals surface area contributed by atoms with Crippen molar-refractivity contribution < 1.29 is 17.7 Å². The summed E-state index contributed by atoms with van der Waals surface area (Å²) in [6.45, 7) is 9.01. The van der Waals surface area contributed by atoms with Gasteiger partial charge in [-0.3, -0.25) is 4.90 Å². The first kappa shape index (κ1) is 22.4. The van der Waals surface area contributed by atoms with E-state index in [1.165, 1.54) is 0 Å². The van der Waals surface area contributed by atoms with Crippen LogP contribution in [0.25, 0.3) is 11.4 Å². The van der Waals surface area contributed by atoms with Crippen LogP contribution < -0.4 is 4.74 Å². The smallest absolute Gasteiger partial charge is 0.243 e. The first-order chi connectivity index (χ1) is 15.4. The molecule has 2 heterocycles. The van der Waals surface area contributed by atoms with E-state index in [-0.39, 0.29) is 0 Å². The molecule has 0 bridgehead atoms. The molecule has 3 aromatic rings. The van der Waals surface area contributed by atoms with E-state index in [0.717, 1.165) is 22.4 Å². The maximum atomic E-state index is 13.0. The highest BCUT2D eigenvalue weighted by Crippen LogP contribution is 2.22. The van der Waals surface area contributed by atoms with Gasteiger partial charge in [-0.15, -0.1) is 0 Å². The summed E-state index contributed by atoms with van der Waals surface area (Å²) >= 11 is 0. The van der Waals surface area contributed by atoms with Crippen LogP contribution in [0.15, 0.2) is 51.9 Å². The van der Waals surface area contributed by atoms with Crippen LogP contribution in [0, 0.1) is 13.8 Å². The first-order valence-corrected chi connectivity index (χ1v) is 12.2. The lowest BCUT2D eigenvalue weighted by atomic mass is 10.1. The molecule has 1 aromatic heterocycles. The molecule has 4 rings (SSSR count). The van der Waals surface area contributed by atoms with E-state index < -0.39 is 10.0 Å². The number of sulfonamides is 1. The number of benzene rings is 2. The third-order valence-corrected chi connectivity index (χ3v) is 7.59. The van der Waals surface area contributed by atoms with Gasteiger partial charge in [0.2, 0.25) is 21.7 Å². The van der Waals surface area contributed by atoms with Crippen LogP contribution >= 0.6 is 0 Å². The number of aromatic nitrogens is 2. The Kier molecular flexibility index (Phi) is 6.59. The van der Waals surface area contributed by atoms with Gasteiger partial charge in [-0.2, -0.15) is 9.29 Å². The number of hydrogen-bond donors (Lipinski definition) is 0. The maximum absolute atomic E-state index is 13.0. The molecule has 1 saturated heterocycles.